The molecule has 1 fully saturated rings. The summed E-state index contributed by atoms with van der Waals surface area (Å²) in [4.78, 5) is 15.2. The summed E-state index contributed by atoms with van der Waals surface area (Å²) in [7, 11) is 0. The molecule has 0 radical (unpaired) electrons. The first-order chi connectivity index (χ1) is 13.0. The summed E-state index contributed by atoms with van der Waals surface area (Å²) in [6.45, 7) is 8.89. The van der Waals surface area contributed by atoms with Gasteiger partial charge in [0.2, 0.25) is 11.1 Å². The van der Waals surface area contributed by atoms with E-state index >= 15 is 0 Å². The zero-order valence-corrected chi connectivity index (χ0v) is 17.5. The molecule has 0 N–H and O–H groups in total. The number of hydrogen-bond acceptors (Lipinski definition) is 5. The van der Waals surface area contributed by atoms with Crippen molar-refractivity contribution >= 4 is 17.7 Å². The van der Waals surface area contributed by atoms with Gasteiger partial charge in [-0.2, -0.15) is 4.68 Å². The molecule has 1 aliphatic carbocycles. The van der Waals surface area contributed by atoms with Gasteiger partial charge >= 0.3 is 0 Å². The predicted octanol–water partition coefficient (Wildman–Crippen LogP) is 3.94. The molecule has 0 spiro atoms. The van der Waals surface area contributed by atoms with E-state index in [1.807, 2.05) is 13.8 Å². The van der Waals surface area contributed by atoms with Crippen LogP contribution in [-0.2, 0) is 4.79 Å². The van der Waals surface area contributed by atoms with Crippen molar-refractivity contribution in [2.24, 2.45) is 0 Å². The van der Waals surface area contributed by atoms with E-state index in [4.69, 9.17) is 0 Å². The number of benzene rings is 1. The SMILES string of the molecule is CCN(C(=O)[C@H](C)Sc1nnnn1-c1cc(C)ccc1C)C1CCCCC1. The highest BCUT2D eigenvalue weighted by atomic mass is 32.2. The molecule has 6 nitrogen and oxygen atoms in total. The largest absolute Gasteiger partial charge is 0.339 e. The Balaban J connectivity index is 1.76. The van der Waals surface area contributed by atoms with E-state index in [0.717, 1.165) is 36.2 Å². The molecule has 1 atom stereocenters. The van der Waals surface area contributed by atoms with Gasteiger partial charge in [0.25, 0.3) is 0 Å². The first kappa shape index (κ1) is 19.9. The average Bonchev–Trinajstić information content (AvgIpc) is 3.13. The van der Waals surface area contributed by atoms with Gasteiger partial charge in [0.15, 0.2) is 0 Å². The van der Waals surface area contributed by atoms with Crippen LogP contribution in [0.25, 0.3) is 5.69 Å². The van der Waals surface area contributed by atoms with Crippen molar-refractivity contribution in [3.05, 3.63) is 29.3 Å². The van der Waals surface area contributed by atoms with Gasteiger partial charge in [-0.05, 0) is 68.2 Å². The number of amides is 1. The highest BCUT2D eigenvalue weighted by Gasteiger charge is 2.29. The number of thioether (sulfide) groups is 1. The van der Waals surface area contributed by atoms with Crippen LogP contribution in [0.1, 0.15) is 57.1 Å². The molecule has 146 valence electrons. The number of nitrogens with zero attached hydrogens (tertiary/aromatic N) is 5. The molecule has 3 rings (SSSR count). The topological polar surface area (TPSA) is 63.9 Å². The van der Waals surface area contributed by atoms with E-state index in [9.17, 15) is 4.79 Å². The van der Waals surface area contributed by atoms with Crippen molar-refractivity contribution in [1.82, 2.24) is 25.1 Å². The first-order valence-corrected chi connectivity index (χ1v) is 10.7. The van der Waals surface area contributed by atoms with E-state index in [2.05, 4.69) is 52.5 Å². The Morgan fingerprint density at radius 2 is 2.04 bits per heavy atom. The summed E-state index contributed by atoms with van der Waals surface area (Å²) in [5.41, 5.74) is 3.22. The number of carbonyl (C=O) groups is 1. The van der Waals surface area contributed by atoms with Gasteiger partial charge in [-0.25, -0.2) is 0 Å². The lowest BCUT2D eigenvalue weighted by molar-refractivity contribution is -0.133. The normalized spacial score (nSPS) is 16.3. The maximum absolute atomic E-state index is 13.1. The molecule has 2 aromatic rings. The van der Waals surface area contributed by atoms with E-state index < -0.39 is 0 Å². The second-order valence-corrected chi connectivity index (χ2v) is 8.65. The zero-order chi connectivity index (χ0) is 19.4. The second-order valence-electron chi connectivity index (χ2n) is 7.34. The van der Waals surface area contributed by atoms with Crippen LogP contribution in [0.5, 0.6) is 0 Å². The summed E-state index contributed by atoms with van der Waals surface area (Å²) < 4.78 is 1.74. The number of aryl methyl sites for hydroxylation is 2. The average molecular weight is 388 g/mol. The van der Waals surface area contributed by atoms with Gasteiger partial charge < -0.3 is 4.90 Å². The minimum atomic E-state index is -0.221. The number of hydrogen-bond donors (Lipinski definition) is 0. The van der Waals surface area contributed by atoms with Gasteiger partial charge in [0, 0.05) is 12.6 Å². The smallest absolute Gasteiger partial charge is 0.236 e. The summed E-state index contributed by atoms with van der Waals surface area (Å²) in [6.07, 6.45) is 5.98. The number of aromatic nitrogens is 4. The molecule has 27 heavy (non-hydrogen) atoms. The molecule has 1 saturated carbocycles. The van der Waals surface area contributed by atoms with Crippen molar-refractivity contribution in [2.75, 3.05) is 6.54 Å². The molecule has 1 aromatic carbocycles. The molecule has 0 saturated heterocycles. The van der Waals surface area contributed by atoms with E-state index in [1.165, 1.54) is 31.0 Å². The van der Waals surface area contributed by atoms with Crippen molar-refractivity contribution < 1.29 is 4.79 Å². The second kappa shape index (κ2) is 8.87. The third-order valence-electron chi connectivity index (χ3n) is 5.30. The summed E-state index contributed by atoms with van der Waals surface area (Å²) in [5, 5.41) is 12.6. The van der Waals surface area contributed by atoms with Gasteiger partial charge in [-0.3, -0.25) is 4.79 Å². The molecule has 0 bridgehead atoms. The van der Waals surface area contributed by atoms with Crippen molar-refractivity contribution in [3.8, 4) is 5.69 Å². The molecule has 1 aromatic heterocycles. The molecule has 1 amide bonds. The Bertz CT molecular complexity index is 784. The lowest BCUT2D eigenvalue weighted by Gasteiger charge is -2.35. The quantitative estimate of drug-likeness (QED) is 0.703. The van der Waals surface area contributed by atoms with E-state index in [1.54, 1.807) is 4.68 Å². The Labute approximate surface area is 165 Å². The highest BCUT2D eigenvalue weighted by Crippen LogP contribution is 2.28. The summed E-state index contributed by atoms with van der Waals surface area (Å²) in [6, 6.07) is 6.60. The molecule has 0 aliphatic heterocycles. The van der Waals surface area contributed by atoms with Crippen LogP contribution in [0.3, 0.4) is 0 Å². The number of tetrazole rings is 1. The highest BCUT2D eigenvalue weighted by molar-refractivity contribution is 8.00. The van der Waals surface area contributed by atoms with Crippen molar-refractivity contribution in [3.63, 3.8) is 0 Å². The van der Waals surface area contributed by atoms with E-state index in [-0.39, 0.29) is 11.2 Å². The number of carbonyl (C=O) groups excluding carboxylic acids is 1. The van der Waals surface area contributed by atoms with Crippen LogP contribution < -0.4 is 0 Å². The Morgan fingerprint density at radius 3 is 2.74 bits per heavy atom. The Hall–Kier alpha value is -1.89. The van der Waals surface area contributed by atoms with Crippen LogP contribution in [0.2, 0.25) is 0 Å². The fourth-order valence-corrected chi connectivity index (χ4v) is 4.65. The van der Waals surface area contributed by atoms with Gasteiger partial charge in [-0.1, -0.05) is 43.2 Å². The molecule has 7 heteroatoms. The molecule has 1 heterocycles. The fourth-order valence-electron chi connectivity index (χ4n) is 3.78. The Kier molecular flexibility index (Phi) is 6.52. The standard InChI is InChI=1S/C20H29N5OS/c1-5-24(17-9-7-6-8-10-17)19(26)16(4)27-20-21-22-23-25(20)18-13-14(2)11-12-15(18)3/h11-13,16-17H,5-10H2,1-4H3/t16-/m0/s1. The van der Waals surface area contributed by atoms with Gasteiger partial charge in [-0.15, -0.1) is 5.10 Å². The first-order valence-electron chi connectivity index (χ1n) is 9.84. The summed E-state index contributed by atoms with van der Waals surface area (Å²) in [5.74, 6) is 0.185. The lowest BCUT2D eigenvalue weighted by atomic mass is 9.94. The zero-order valence-electron chi connectivity index (χ0n) is 16.7. The molecule has 0 unspecified atom stereocenters. The van der Waals surface area contributed by atoms with Crippen molar-refractivity contribution in [1.29, 1.82) is 0 Å². The van der Waals surface area contributed by atoms with Crippen LogP contribution in [0.4, 0.5) is 0 Å². The molecular weight excluding hydrogens is 358 g/mol. The van der Waals surface area contributed by atoms with E-state index in [0.29, 0.717) is 11.2 Å². The monoisotopic (exact) mass is 387 g/mol. The molecular formula is C20H29N5OS. The van der Waals surface area contributed by atoms with Gasteiger partial charge in [0.1, 0.15) is 0 Å². The third-order valence-corrected chi connectivity index (χ3v) is 6.32. The van der Waals surface area contributed by atoms with Crippen LogP contribution in [-0.4, -0.2) is 48.9 Å². The minimum Gasteiger partial charge on any atom is -0.339 e. The maximum atomic E-state index is 13.1. The third kappa shape index (κ3) is 4.51. The summed E-state index contributed by atoms with van der Waals surface area (Å²) >= 11 is 1.44. The predicted molar refractivity (Wildman–Crippen MR) is 108 cm³/mol. The van der Waals surface area contributed by atoms with Crippen molar-refractivity contribution in [2.45, 2.75) is 76.2 Å². The number of rotatable bonds is 6. The van der Waals surface area contributed by atoms with Crippen LogP contribution >= 0.6 is 11.8 Å². The maximum Gasteiger partial charge on any atom is 0.236 e. The van der Waals surface area contributed by atoms with Gasteiger partial charge in [0.05, 0.1) is 10.9 Å². The molecule has 1 aliphatic rings. The Morgan fingerprint density at radius 1 is 1.30 bits per heavy atom. The van der Waals surface area contributed by atoms with Crippen LogP contribution in [0, 0.1) is 13.8 Å². The fraction of sp³-hybridized carbons (Fsp3) is 0.600. The van der Waals surface area contributed by atoms with Crippen LogP contribution in [0.15, 0.2) is 23.4 Å². The minimum absolute atomic E-state index is 0.185. The lowest BCUT2D eigenvalue weighted by Crippen LogP contribution is -2.44.